The molecule has 0 fully saturated rings. The van der Waals surface area contributed by atoms with Gasteiger partial charge in [0.25, 0.3) is 0 Å². The van der Waals surface area contributed by atoms with Crippen LogP contribution < -0.4 is 0 Å². The highest BCUT2D eigenvalue weighted by molar-refractivity contribution is 8.00. The van der Waals surface area contributed by atoms with E-state index in [2.05, 4.69) is 16.0 Å². The van der Waals surface area contributed by atoms with Crippen LogP contribution in [0.15, 0.2) is 40.4 Å². The predicted octanol–water partition coefficient (Wildman–Crippen LogP) is 3.04. The summed E-state index contributed by atoms with van der Waals surface area (Å²) in [5, 5.41) is 1.15. The third-order valence-electron chi connectivity index (χ3n) is 2.25. The Hall–Kier alpha value is -1.35. The first-order valence-electron chi connectivity index (χ1n) is 4.48. The zero-order chi connectivity index (χ0) is 9.38. The smallest absolute Gasteiger partial charge is 0.0871 e. The molecule has 2 nitrogen and oxygen atoms in total. The van der Waals surface area contributed by atoms with Gasteiger partial charge in [0.1, 0.15) is 0 Å². The summed E-state index contributed by atoms with van der Waals surface area (Å²) in [5.41, 5.74) is 2.10. The molecular weight excluding hydrogens is 192 g/mol. The lowest BCUT2D eigenvalue weighted by molar-refractivity contribution is 1.27. The van der Waals surface area contributed by atoms with E-state index in [1.54, 1.807) is 11.8 Å². The first-order valence-corrected chi connectivity index (χ1v) is 5.47. The van der Waals surface area contributed by atoms with Gasteiger partial charge in [-0.3, -0.25) is 9.98 Å². The largest absolute Gasteiger partial charge is 0.258 e. The van der Waals surface area contributed by atoms with E-state index in [1.165, 1.54) is 4.90 Å². The molecule has 14 heavy (non-hydrogen) atoms. The maximum Gasteiger partial charge on any atom is 0.0871 e. The molecule has 3 heteroatoms. The molecule has 68 valence electrons. The van der Waals surface area contributed by atoms with E-state index in [9.17, 15) is 0 Å². The quantitative estimate of drug-likeness (QED) is 0.653. The van der Waals surface area contributed by atoms with E-state index in [-0.39, 0.29) is 0 Å². The monoisotopic (exact) mass is 200 g/mol. The first kappa shape index (κ1) is 8.00. The molecule has 0 unspecified atom stereocenters. The van der Waals surface area contributed by atoms with Crippen molar-refractivity contribution in [3.8, 4) is 0 Å². The van der Waals surface area contributed by atoms with E-state index in [0.29, 0.717) is 0 Å². The van der Waals surface area contributed by atoms with Crippen molar-refractivity contribution < 1.29 is 0 Å². The van der Waals surface area contributed by atoms with Crippen LogP contribution in [0, 0.1) is 0 Å². The van der Waals surface area contributed by atoms with Gasteiger partial charge in [0, 0.05) is 23.6 Å². The minimum atomic E-state index is 0.951. The number of aromatic nitrogens is 1. The normalized spacial score (nSPS) is 14.3. The number of hydrogen-bond donors (Lipinski definition) is 0. The molecule has 1 aliphatic rings. The maximum absolute atomic E-state index is 4.44. The highest BCUT2D eigenvalue weighted by Gasteiger charge is 2.10. The number of fused-ring (bicyclic) bond motifs is 3. The summed E-state index contributed by atoms with van der Waals surface area (Å²) in [6.45, 7) is 0. The van der Waals surface area contributed by atoms with Gasteiger partial charge in [0.05, 0.1) is 16.1 Å². The molecule has 1 aromatic heterocycles. The minimum absolute atomic E-state index is 0.951. The highest BCUT2D eigenvalue weighted by atomic mass is 32.2. The van der Waals surface area contributed by atoms with Crippen molar-refractivity contribution in [2.75, 3.05) is 5.75 Å². The molecule has 0 saturated heterocycles. The van der Waals surface area contributed by atoms with E-state index >= 15 is 0 Å². The summed E-state index contributed by atoms with van der Waals surface area (Å²) in [6, 6.07) is 8.12. The molecule has 1 aromatic carbocycles. The van der Waals surface area contributed by atoms with Crippen molar-refractivity contribution in [3.05, 3.63) is 30.5 Å². The number of aliphatic imine (C=N–C) groups is 1. The van der Waals surface area contributed by atoms with Gasteiger partial charge in [-0.1, -0.05) is 18.2 Å². The fraction of sp³-hybridized carbons (Fsp3) is 0.0909. The molecule has 0 spiro atoms. The second kappa shape index (κ2) is 3.10. The number of pyridine rings is 1. The van der Waals surface area contributed by atoms with Crippen LogP contribution in [0.5, 0.6) is 0 Å². The van der Waals surface area contributed by atoms with E-state index < -0.39 is 0 Å². The van der Waals surface area contributed by atoms with Gasteiger partial charge in [-0.25, -0.2) is 0 Å². The van der Waals surface area contributed by atoms with Crippen LogP contribution in [-0.2, 0) is 0 Å². The molecule has 0 aliphatic carbocycles. The molecule has 2 heterocycles. The average Bonchev–Trinajstić information content (AvgIpc) is 2.29. The van der Waals surface area contributed by atoms with E-state index in [4.69, 9.17) is 0 Å². The Bertz CT molecular complexity index is 520. The Morgan fingerprint density at radius 2 is 2.14 bits per heavy atom. The van der Waals surface area contributed by atoms with E-state index in [1.807, 2.05) is 30.6 Å². The molecule has 0 N–H and O–H groups in total. The number of para-hydroxylation sites is 1. The molecule has 0 bridgehead atoms. The maximum atomic E-state index is 4.44. The fourth-order valence-electron chi connectivity index (χ4n) is 1.60. The lowest BCUT2D eigenvalue weighted by Crippen LogP contribution is -1.90. The summed E-state index contributed by atoms with van der Waals surface area (Å²) >= 11 is 1.79. The van der Waals surface area contributed by atoms with Crippen molar-refractivity contribution in [1.82, 2.24) is 4.98 Å². The average molecular weight is 200 g/mol. The third-order valence-corrected chi connectivity index (χ3v) is 3.17. The van der Waals surface area contributed by atoms with E-state index in [0.717, 1.165) is 22.3 Å². The Balaban J connectivity index is 2.42. The summed E-state index contributed by atoms with van der Waals surface area (Å²) < 4.78 is 0. The van der Waals surface area contributed by atoms with Crippen LogP contribution in [0.4, 0.5) is 5.69 Å². The zero-order valence-electron chi connectivity index (χ0n) is 7.47. The van der Waals surface area contributed by atoms with Gasteiger partial charge in [0.15, 0.2) is 0 Å². The van der Waals surface area contributed by atoms with Gasteiger partial charge >= 0.3 is 0 Å². The zero-order valence-corrected chi connectivity index (χ0v) is 8.29. The fourth-order valence-corrected chi connectivity index (χ4v) is 2.36. The van der Waals surface area contributed by atoms with Crippen LogP contribution in [0.1, 0.15) is 0 Å². The SMILES string of the molecule is C1=Nc2c(cnc3ccccc23)SC1. The van der Waals surface area contributed by atoms with Crippen LogP contribution >= 0.6 is 11.8 Å². The number of hydrogen-bond acceptors (Lipinski definition) is 3. The van der Waals surface area contributed by atoms with Crippen molar-refractivity contribution in [3.63, 3.8) is 0 Å². The minimum Gasteiger partial charge on any atom is -0.258 e. The first-order chi connectivity index (χ1) is 6.95. The number of nitrogens with zero attached hydrogens (tertiary/aromatic N) is 2. The molecule has 0 saturated carbocycles. The summed E-state index contributed by atoms with van der Waals surface area (Å²) in [4.78, 5) is 10.0. The number of thioether (sulfide) groups is 1. The number of rotatable bonds is 0. The Kier molecular flexibility index (Phi) is 1.77. The number of benzene rings is 1. The second-order valence-corrected chi connectivity index (χ2v) is 4.17. The Morgan fingerprint density at radius 1 is 1.21 bits per heavy atom. The van der Waals surface area contributed by atoms with Gasteiger partial charge in [-0.05, 0) is 6.07 Å². The van der Waals surface area contributed by atoms with Gasteiger partial charge in [-0.2, -0.15) is 0 Å². The summed E-state index contributed by atoms with van der Waals surface area (Å²) in [6.07, 6.45) is 3.87. The van der Waals surface area contributed by atoms with Crippen LogP contribution in [0.25, 0.3) is 10.9 Å². The van der Waals surface area contributed by atoms with Gasteiger partial charge in [0.2, 0.25) is 0 Å². The van der Waals surface area contributed by atoms with Crippen molar-refractivity contribution >= 4 is 34.6 Å². The lowest BCUT2D eigenvalue weighted by Gasteiger charge is -2.10. The van der Waals surface area contributed by atoms with Crippen molar-refractivity contribution in [2.24, 2.45) is 4.99 Å². The van der Waals surface area contributed by atoms with Crippen molar-refractivity contribution in [1.29, 1.82) is 0 Å². The van der Waals surface area contributed by atoms with Crippen LogP contribution in [0.3, 0.4) is 0 Å². The Labute approximate surface area is 86.1 Å². The van der Waals surface area contributed by atoms with Gasteiger partial charge < -0.3 is 0 Å². The molecule has 3 rings (SSSR count). The topological polar surface area (TPSA) is 25.2 Å². The lowest BCUT2D eigenvalue weighted by atomic mass is 10.2. The molecule has 0 radical (unpaired) electrons. The van der Waals surface area contributed by atoms with Gasteiger partial charge in [-0.15, -0.1) is 11.8 Å². The molecule has 1 aliphatic heterocycles. The van der Waals surface area contributed by atoms with Crippen LogP contribution in [-0.4, -0.2) is 17.0 Å². The molecule has 0 amide bonds. The molecule has 0 atom stereocenters. The highest BCUT2D eigenvalue weighted by Crippen LogP contribution is 2.36. The summed E-state index contributed by atoms with van der Waals surface area (Å²) in [5.74, 6) is 0.951. The predicted molar refractivity (Wildman–Crippen MR) is 60.6 cm³/mol. The summed E-state index contributed by atoms with van der Waals surface area (Å²) in [7, 11) is 0. The molecule has 2 aromatic rings. The second-order valence-electron chi connectivity index (χ2n) is 3.11. The third kappa shape index (κ3) is 1.13. The standard InChI is InChI=1S/C11H8N2S/c1-2-4-9-8(3-1)11-10(7-13-9)14-6-5-12-11/h1-5,7H,6H2. The Morgan fingerprint density at radius 3 is 3.14 bits per heavy atom. The molecular formula is C11H8N2S. The van der Waals surface area contributed by atoms with Crippen molar-refractivity contribution in [2.45, 2.75) is 4.90 Å². The van der Waals surface area contributed by atoms with Crippen LogP contribution in [0.2, 0.25) is 0 Å².